The van der Waals surface area contributed by atoms with Crippen LogP contribution in [0.1, 0.15) is 30.9 Å². The monoisotopic (exact) mass is 324 g/mol. The fraction of sp³-hybridized carbons (Fsp3) is 0.286. The molecule has 0 atom stereocenters. The van der Waals surface area contributed by atoms with Crippen LogP contribution in [0, 0.1) is 6.92 Å². The normalized spacial score (nSPS) is 11.6. The highest BCUT2D eigenvalue weighted by molar-refractivity contribution is 9.10. The van der Waals surface area contributed by atoms with Crippen molar-refractivity contribution in [2.75, 3.05) is 0 Å². The van der Waals surface area contributed by atoms with E-state index in [1.165, 1.54) is 5.56 Å². The van der Waals surface area contributed by atoms with Crippen LogP contribution in [0.2, 0.25) is 5.15 Å². The molecule has 0 bridgehead atoms. The van der Waals surface area contributed by atoms with Crippen LogP contribution in [0.4, 0.5) is 0 Å². The average Bonchev–Trinajstić information content (AvgIpc) is 2.36. The minimum absolute atomic E-state index is 0.267. The Labute approximate surface area is 121 Å². The molecule has 0 aliphatic rings. The molecule has 0 aliphatic carbocycles. The summed E-state index contributed by atoms with van der Waals surface area (Å²) in [6.07, 6.45) is 0. The Morgan fingerprint density at radius 2 is 1.72 bits per heavy atom. The summed E-state index contributed by atoms with van der Waals surface area (Å²) < 4.78 is 0.761. The first-order chi connectivity index (χ1) is 8.43. The highest BCUT2D eigenvalue weighted by Crippen LogP contribution is 2.32. The van der Waals surface area contributed by atoms with Gasteiger partial charge in [0, 0.05) is 5.41 Å². The van der Waals surface area contributed by atoms with E-state index in [1.807, 2.05) is 25.1 Å². The van der Waals surface area contributed by atoms with Crippen molar-refractivity contribution in [1.82, 2.24) is 9.97 Å². The number of halogens is 2. The Hall–Kier alpha value is -0.930. The minimum Gasteiger partial charge on any atom is -0.236 e. The molecule has 0 unspecified atom stereocenters. The van der Waals surface area contributed by atoms with Crippen molar-refractivity contribution in [3.05, 3.63) is 57.0 Å². The zero-order chi connectivity index (χ0) is 13.3. The number of rotatable bonds is 2. The standard InChI is InChI=1S/C14H14BrClN2/c1-9-11(15)12(16)18-13(17-9)14(2,3)10-7-5-4-6-8-10/h4-8H,1-3H3. The quantitative estimate of drug-likeness (QED) is 0.758. The van der Waals surface area contributed by atoms with Crippen molar-refractivity contribution >= 4 is 27.5 Å². The van der Waals surface area contributed by atoms with Gasteiger partial charge in [-0.1, -0.05) is 41.9 Å². The third-order valence-corrected chi connectivity index (χ3v) is 4.48. The van der Waals surface area contributed by atoms with Gasteiger partial charge in [-0.25, -0.2) is 9.97 Å². The summed E-state index contributed by atoms with van der Waals surface area (Å²) in [5, 5.41) is 0.460. The lowest BCUT2D eigenvalue weighted by molar-refractivity contribution is 0.586. The lowest BCUT2D eigenvalue weighted by Gasteiger charge is -2.24. The lowest BCUT2D eigenvalue weighted by Crippen LogP contribution is -2.23. The van der Waals surface area contributed by atoms with E-state index in [4.69, 9.17) is 11.6 Å². The maximum Gasteiger partial charge on any atom is 0.147 e. The summed E-state index contributed by atoms with van der Waals surface area (Å²) in [5.74, 6) is 0.736. The van der Waals surface area contributed by atoms with E-state index in [-0.39, 0.29) is 5.41 Å². The van der Waals surface area contributed by atoms with Crippen molar-refractivity contribution in [3.63, 3.8) is 0 Å². The largest absolute Gasteiger partial charge is 0.236 e. The average molecular weight is 326 g/mol. The third kappa shape index (κ3) is 2.43. The van der Waals surface area contributed by atoms with Gasteiger partial charge in [0.1, 0.15) is 11.0 Å². The fourth-order valence-electron chi connectivity index (χ4n) is 1.79. The molecule has 0 N–H and O–H groups in total. The van der Waals surface area contributed by atoms with E-state index >= 15 is 0 Å². The molecule has 1 aromatic carbocycles. The fourth-order valence-corrected chi connectivity index (χ4v) is 2.18. The SMILES string of the molecule is Cc1nc(C(C)(C)c2ccccc2)nc(Cl)c1Br. The molecule has 2 rings (SSSR count). The summed E-state index contributed by atoms with van der Waals surface area (Å²) in [5.41, 5.74) is 1.76. The Bertz CT molecular complexity index is 544. The predicted octanol–water partition coefficient (Wildman–Crippen LogP) is 4.53. The van der Waals surface area contributed by atoms with Gasteiger partial charge in [-0.2, -0.15) is 0 Å². The molecule has 4 heteroatoms. The van der Waals surface area contributed by atoms with E-state index in [0.717, 1.165) is 16.0 Å². The molecule has 0 amide bonds. The first kappa shape index (κ1) is 13.5. The second-order valence-electron chi connectivity index (χ2n) is 4.73. The van der Waals surface area contributed by atoms with Gasteiger partial charge in [-0.05, 0) is 42.3 Å². The second-order valence-corrected chi connectivity index (χ2v) is 5.88. The maximum atomic E-state index is 6.11. The molecule has 2 nitrogen and oxygen atoms in total. The van der Waals surface area contributed by atoms with E-state index in [1.54, 1.807) is 0 Å². The highest BCUT2D eigenvalue weighted by Gasteiger charge is 2.27. The molecule has 18 heavy (non-hydrogen) atoms. The van der Waals surface area contributed by atoms with Gasteiger partial charge >= 0.3 is 0 Å². The van der Waals surface area contributed by atoms with Gasteiger partial charge in [0.05, 0.1) is 10.2 Å². The van der Waals surface area contributed by atoms with Crippen molar-refractivity contribution in [2.45, 2.75) is 26.2 Å². The Morgan fingerprint density at radius 3 is 2.28 bits per heavy atom. The van der Waals surface area contributed by atoms with Crippen LogP contribution in [0.15, 0.2) is 34.8 Å². The van der Waals surface area contributed by atoms with Crippen molar-refractivity contribution in [3.8, 4) is 0 Å². The van der Waals surface area contributed by atoms with Crippen molar-refractivity contribution in [2.24, 2.45) is 0 Å². The number of aryl methyl sites for hydroxylation is 1. The summed E-state index contributed by atoms with van der Waals surface area (Å²) in [7, 11) is 0. The smallest absolute Gasteiger partial charge is 0.147 e. The Balaban J connectivity index is 2.54. The number of hydrogen-bond acceptors (Lipinski definition) is 2. The van der Waals surface area contributed by atoms with Gasteiger partial charge in [0.15, 0.2) is 0 Å². The zero-order valence-corrected chi connectivity index (χ0v) is 12.9. The number of aromatic nitrogens is 2. The topological polar surface area (TPSA) is 25.8 Å². The van der Waals surface area contributed by atoms with Crippen LogP contribution >= 0.6 is 27.5 Å². The molecule has 0 saturated carbocycles. The molecule has 1 heterocycles. The van der Waals surface area contributed by atoms with Crippen LogP contribution in [0.3, 0.4) is 0 Å². The van der Waals surface area contributed by atoms with E-state index in [9.17, 15) is 0 Å². The van der Waals surface area contributed by atoms with E-state index in [0.29, 0.717) is 5.15 Å². The number of benzene rings is 1. The molecule has 1 aromatic heterocycles. The van der Waals surface area contributed by atoms with Gasteiger partial charge < -0.3 is 0 Å². The van der Waals surface area contributed by atoms with Crippen LogP contribution in [0.5, 0.6) is 0 Å². The summed E-state index contributed by atoms with van der Waals surface area (Å²) in [6, 6.07) is 10.2. The molecule has 0 radical (unpaired) electrons. The molecule has 2 aromatic rings. The molecule has 94 valence electrons. The zero-order valence-electron chi connectivity index (χ0n) is 10.5. The van der Waals surface area contributed by atoms with Crippen LogP contribution in [0.25, 0.3) is 0 Å². The first-order valence-electron chi connectivity index (χ1n) is 5.68. The maximum absolute atomic E-state index is 6.11. The van der Waals surface area contributed by atoms with E-state index in [2.05, 4.69) is 51.9 Å². The number of nitrogens with zero attached hydrogens (tertiary/aromatic N) is 2. The molecule has 0 fully saturated rings. The van der Waals surface area contributed by atoms with E-state index < -0.39 is 0 Å². The van der Waals surface area contributed by atoms with Gasteiger partial charge in [-0.3, -0.25) is 0 Å². The Morgan fingerprint density at radius 1 is 1.11 bits per heavy atom. The highest BCUT2D eigenvalue weighted by atomic mass is 79.9. The van der Waals surface area contributed by atoms with Gasteiger partial charge in [0.2, 0.25) is 0 Å². The molecular formula is C14H14BrClN2. The predicted molar refractivity (Wildman–Crippen MR) is 78.0 cm³/mol. The molecule has 0 aliphatic heterocycles. The summed E-state index contributed by atoms with van der Waals surface area (Å²) in [6.45, 7) is 6.12. The van der Waals surface area contributed by atoms with Crippen molar-refractivity contribution in [1.29, 1.82) is 0 Å². The van der Waals surface area contributed by atoms with Crippen LogP contribution < -0.4 is 0 Å². The Kier molecular flexibility index (Phi) is 3.74. The summed E-state index contributed by atoms with van der Waals surface area (Å²) in [4.78, 5) is 8.93. The first-order valence-corrected chi connectivity index (χ1v) is 6.85. The molecular weight excluding hydrogens is 312 g/mol. The summed E-state index contributed by atoms with van der Waals surface area (Å²) >= 11 is 9.49. The lowest BCUT2D eigenvalue weighted by atomic mass is 9.84. The molecule has 0 saturated heterocycles. The van der Waals surface area contributed by atoms with Crippen LogP contribution in [-0.2, 0) is 5.41 Å². The van der Waals surface area contributed by atoms with Crippen molar-refractivity contribution < 1.29 is 0 Å². The minimum atomic E-state index is -0.267. The van der Waals surface area contributed by atoms with Crippen LogP contribution in [-0.4, -0.2) is 9.97 Å². The number of hydrogen-bond donors (Lipinski definition) is 0. The molecule has 0 spiro atoms. The second kappa shape index (κ2) is 4.98. The van der Waals surface area contributed by atoms with Gasteiger partial charge in [0.25, 0.3) is 0 Å². The van der Waals surface area contributed by atoms with Gasteiger partial charge in [-0.15, -0.1) is 0 Å². The third-order valence-electron chi connectivity index (χ3n) is 3.03.